The van der Waals surface area contributed by atoms with Crippen LogP contribution in [0.1, 0.15) is 36.1 Å². The minimum atomic E-state index is -0.266. The number of fused-ring (bicyclic) bond motifs is 2. The molecule has 6 aromatic rings. The lowest BCUT2D eigenvalue weighted by atomic mass is 9.75. The normalized spacial score (nSPS) is 13.4. The first-order chi connectivity index (χ1) is 20.4. The van der Waals surface area contributed by atoms with Gasteiger partial charge in [-0.3, -0.25) is 9.47 Å². The zero-order valence-corrected chi connectivity index (χ0v) is 24.2. The van der Waals surface area contributed by atoms with Crippen LogP contribution >= 0.6 is 0 Å². The van der Waals surface area contributed by atoms with Gasteiger partial charge in [0.15, 0.2) is 5.82 Å². The van der Waals surface area contributed by atoms with Crippen LogP contribution in [-0.4, -0.2) is 14.5 Å². The first kappa shape index (κ1) is 25.8. The average molecular weight is 549 g/mol. The van der Waals surface area contributed by atoms with Gasteiger partial charge in [0.1, 0.15) is 17.4 Å². The van der Waals surface area contributed by atoms with E-state index in [0.717, 1.165) is 45.7 Å². The van der Waals surface area contributed by atoms with E-state index in [1.165, 1.54) is 16.7 Å². The van der Waals surface area contributed by atoms with Gasteiger partial charge >= 0.3 is 0 Å². The molecule has 0 bridgehead atoms. The van der Waals surface area contributed by atoms with Gasteiger partial charge in [-0.2, -0.15) is 4.98 Å². The summed E-state index contributed by atoms with van der Waals surface area (Å²) in [6.07, 6.45) is 2.14. The van der Waals surface area contributed by atoms with Gasteiger partial charge in [-0.25, -0.2) is 4.98 Å². The molecule has 0 fully saturated rings. The fourth-order valence-electron chi connectivity index (χ4n) is 6.07. The Morgan fingerprint density at radius 2 is 1.31 bits per heavy atom. The molecule has 0 aliphatic carbocycles. The number of nitrogens with zero attached hydrogens (tertiary/aromatic N) is 4. The van der Waals surface area contributed by atoms with Crippen molar-refractivity contribution in [2.75, 3.05) is 4.90 Å². The monoisotopic (exact) mass is 548 g/mol. The summed E-state index contributed by atoms with van der Waals surface area (Å²) in [5.41, 5.74) is 7.69. The van der Waals surface area contributed by atoms with Crippen molar-refractivity contribution in [2.45, 2.75) is 33.1 Å². The molecule has 2 aromatic heterocycles. The maximum absolute atomic E-state index is 6.22. The van der Waals surface area contributed by atoms with E-state index in [2.05, 4.69) is 116 Å². The van der Waals surface area contributed by atoms with E-state index < -0.39 is 0 Å². The zero-order valence-electron chi connectivity index (χ0n) is 24.2. The molecule has 5 nitrogen and oxygen atoms in total. The van der Waals surface area contributed by atoms with E-state index in [-0.39, 0.29) is 5.41 Å². The molecule has 0 amide bonds. The Bertz CT molecular complexity index is 1890. The Morgan fingerprint density at radius 3 is 2.05 bits per heavy atom. The van der Waals surface area contributed by atoms with Crippen molar-refractivity contribution in [2.24, 2.45) is 0 Å². The predicted octanol–water partition coefficient (Wildman–Crippen LogP) is 9.45. The highest BCUT2D eigenvalue weighted by molar-refractivity contribution is 5.84. The summed E-state index contributed by atoms with van der Waals surface area (Å²) in [5.74, 6) is 3.78. The summed E-state index contributed by atoms with van der Waals surface area (Å²) in [5, 5.41) is 0. The molecule has 3 heterocycles. The van der Waals surface area contributed by atoms with Gasteiger partial charge in [-0.05, 0) is 54.8 Å². The third kappa shape index (κ3) is 4.25. The zero-order chi connectivity index (χ0) is 28.8. The minimum Gasteiger partial charge on any atom is -0.439 e. The second-order valence-electron chi connectivity index (χ2n) is 11.3. The van der Waals surface area contributed by atoms with Crippen LogP contribution in [0.4, 0.5) is 17.3 Å². The van der Waals surface area contributed by atoms with Crippen molar-refractivity contribution in [1.82, 2.24) is 14.5 Å². The molecule has 4 aromatic carbocycles. The molecular weight excluding hydrogens is 516 g/mol. The van der Waals surface area contributed by atoms with Crippen LogP contribution in [0.25, 0.3) is 17.1 Å². The van der Waals surface area contributed by atoms with Crippen LogP contribution < -0.4 is 9.64 Å². The lowest BCUT2D eigenvalue weighted by Gasteiger charge is -2.40. The van der Waals surface area contributed by atoms with E-state index >= 15 is 0 Å². The van der Waals surface area contributed by atoms with Crippen LogP contribution in [0.3, 0.4) is 0 Å². The number of anilines is 3. The lowest BCUT2D eigenvalue weighted by molar-refractivity contribution is 0.461. The van der Waals surface area contributed by atoms with Crippen LogP contribution in [0.5, 0.6) is 11.6 Å². The maximum Gasteiger partial charge on any atom is 0.221 e. The first-order valence-corrected chi connectivity index (χ1v) is 14.3. The number of hydrogen-bond donors (Lipinski definition) is 0. The number of aryl methyl sites for hydroxylation is 2. The number of aromatic nitrogens is 3. The molecule has 206 valence electrons. The average Bonchev–Trinajstić information content (AvgIpc) is 3.42. The third-order valence-electron chi connectivity index (χ3n) is 8.15. The first-order valence-electron chi connectivity index (χ1n) is 14.3. The highest BCUT2D eigenvalue weighted by atomic mass is 16.5. The Morgan fingerprint density at radius 1 is 0.643 bits per heavy atom. The van der Waals surface area contributed by atoms with Crippen molar-refractivity contribution in [1.29, 1.82) is 0 Å². The highest BCUT2D eigenvalue weighted by Gasteiger charge is 2.39. The van der Waals surface area contributed by atoms with Crippen molar-refractivity contribution in [3.05, 3.63) is 144 Å². The third-order valence-corrected chi connectivity index (χ3v) is 8.15. The summed E-state index contributed by atoms with van der Waals surface area (Å²) < 4.78 is 8.44. The van der Waals surface area contributed by atoms with Gasteiger partial charge in [-0.1, -0.05) is 98.8 Å². The lowest BCUT2D eigenvalue weighted by Crippen LogP contribution is -2.31. The van der Waals surface area contributed by atoms with Crippen LogP contribution in [0.2, 0.25) is 0 Å². The van der Waals surface area contributed by atoms with Gasteiger partial charge in [0.25, 0.3) is 0 Å². The summed E-state index contributed by atoms with van der Waals surface area (Å²) in [6.45, 7) is 8.82. The highest BCUT2D eigenvalue weighted by Crippen LogP contribution is 2.51. The molecule has 0 N–H and O–H groups in total. The molecule has 0 spiro atoms. The smallest absolute Gasteiger partial charge is 0.221 e. The van der Waals surface area contributed by atoms with Crippen molar-refractivity contribution in [3.63, 3.8) is 0 Å². The van der Waals surface area contributed by atoms with Crippen molar-refractivity contribution >= 4 is 17.3 Å². The van der Waals surface area contributed by atoms with Gasteiger partial charge in [0.2, 0.25) is 5.88 Å². The Balaban J connectivity index is 1.47. The number of benzene rings is 4. The van der Waals surface area contributed by atoms with E-state index in [0.29, 0.717) is 5.88 Å². The van der Waals surface area contributed by atoms with Gasteiger partial charge < -0.3 is 4.74 Å². The molecule has 42 heavy (non-hydrogen) atoms. The molecule has 0 unspecified atom stereocenters. The Labute approximate surface area is 246 Å². The number of rotatable bonds is 5. The number of imidazole rings is 1. The van der Waals surface area contributed by atoms with Crippen LogP contribution in [0, 0.1) is 13.8 Å². The summed E-state index contributed by atoms with van der Waals surface area (Å²) in [6, 6.07) is 39.2. The Kier molecular flexibility index (Phi) is 6.16. The molecule has 0 saturated carbocycles. The topological polar surface area (TPSA) is 43.2 Å². The molecule has 0 saturated heterocycles. The van der Waals surface area contributed by atoms with Crippen LogP contribution in [0.15, 0.2) is 121 Å². The summed E-state index contributed by atoms with van der Waals surface area (Å²) in [4.78, 5) is 12.6. The number of hydrogen-bond acceptors (Lipinski definition) is 4. The SMILES string of the molecule is Cc1cccc(C)c1-n1cc(N2c3ccccc3C(C)(C)c3ccc(Oc4ccccc4)nc32)nc1-c1ccccc1. The fraction of sp³-hybridized carbons (Fsp3) is 0.135. The van der Waals surface area contributed by atoms with E-state index in [1.54, 1.807) is 0 Å². The van der Waals surface area contributed by atoms with Gasteiger partial charge in [-0.15, -0.1) is 0 Å². The summed E-state index contributed by atoms with van der Waals surface area (Å²) in [7, 11) is 0. The van der Waals surface area contributed by atoms with Crippen molar-refractivity contribution < 1.29 is 4.74 Å². The quantitative estimate of drug-likeness (QED) is 0.215. The number of pyridine rings is 1. The van der Waals surface area contributed by atoms with E-state index in [9.17, 15) is 0 Å². The van der Waals surface area contributed by atoms with Gasteiger partial charge in [0.05, 0.1) is 17.6 Å². The van der Waals surface area contributed by atoms with Gasteiger partial charge in [0, 0.05) is 22.6 Å². The molecule has 7 rings (SSSR count). The Hall–Kier alpha value is -5.16. The predicted molar refractivity (Wildman–Crippen MR) is 170 cm³/mol. The molecular formula is C37H32N4O. The van der Waals surface area contributed by atoms with E-state index in [4.69, 9.17) is 14.7 Å². The molecule has 0 atom stereocenters. The molecule has 1 aliphatic heterocycles. The van der Waals surface area contributed by atoms with E-state index in [1.807, 2.05) is 42.5 Å². The minimum absolute atomic E-state index is 0.266. The standard InChI is InChI=1S/C37H32N4O/c1-25-14-13-15-26(2)34(25)40-24-32(38-35(40)27-16-7-5-8-17-27)41-31-21-12-11-20-29(31)37(3,4)30-22-23-33(39-36(30)41)42-28-18-9-6-10-19-28/h5-24H,1-4H3. The second kappa shape index (κ2) is 10.0. The molecule has 5 heteroatoms. The largest absolute Gasteiger partial charge is 0.439 e. The fourth-order valence-corrected chi connectivity index (χ4v) is 6.07. The second-order valence-corrected chi connectivity index (χ2v) is 11.3. The summed E-state index contributed by atoms with van der Waals surface area (Å²) >= 11 is 0. The molecule has 0 radical (unpaired) electrons. The molecule has 1 aliphatic rings. The number of para-hydroxylation sites is 3. The number of ether oxygens (including phenoxy) is 1. The van der Waals surface area contributed by atoms with Crippen molar-refractivity contribution in [3.8, 4) is 28.7 Å². The maximum atomic E-state index is 6.22. The van der Waals surface area contributed by atoms with Crippen LogP contribution in [-0.2, 0) is 5.41 Å².